The summed E-state index contributed by atoms with van der Waals surface area (Å²) in [7, 11) is 0. The van der Waals surface area contributed by atoms with E-state index in [1.807, 2.05) is 0 Å². The molecule has 0 amide bonds. The number of thiophene rings is 1. The first-order valence-corrected chi connectivity index (χ1v) is 8.89. The highest BCUT2D eigenvalue weighted by atomic mass is 32.2. The van der Waals surface area contributed by atoms with Gasteiger partial charge in [0.15, 0.2) is 0 Å². The van der Waals surface area contributed by atoms with Gasteiger partial charge in [0, 0.05) is 30.1 Å². The van der Waals surface area contributed by atoms with Gasteiger partial charge in [0.1, 0.15) is 10.6 Å². The van der Waals surface area contributed by atoms with Crippen molar-refractivity contribution >= 4 is 45.1 Å². The topological polar surface area (TPSA) is 41.1 Å². The lowest BCUT2D eigenvalue weighted by Gasteiger charge is -2.35. The number of nitrogens with zero attached hydrogens (tertiary/aromatic N) is 3. The summed E-state index contributed by atoms with van der Waals surface area (Å²) in [5, 5.41) is 7.82. The van der Waals surface area contributed by atoms with Crippen LogP contribution in [-0.2, 0) is 0 Å². The SMILES string of the molecule is CCNc1nc(N2CC(C)SC(C)C2)c2ccsc2n1. The maximum Gasteiger partial charge on any atom is 0.226 e. The zero-order chi connectivity index (χ0) is 14.1. The number of anilines is 2. The first-order chi connectivity index (χ1) is 9.67. The van der Waals surface area contributed by atoms with E-state index in [-0.39, 0.29) is 0 Å². The van der Waals surface area contributed by atoms with Crippen LogP contribution in [0.2, 0.25) is 0 Å². The second-order valence-electron chi connectivity index (χ2n) is 5.20. The second-order valence-corrected chi connectivity index (χ2v) is 7.98. The number of aromatic nitrogens is 2. The monoisotopic (exact) mass is 308 g/mol. The molecule has 1 N–H and O–H groups in total. The van der Waals surface area contributed by atoms with Gasteiger partial charge < -0.3 is 10.2 Å². The summed E-state index contributed by atoms with van der Waals surface area (Å²) in [6.45, 7) is 9.63. The number of hydrogen-bond donors (Lipinski definition) is 1. The Bertz CT molecular complexity index is 588. The van der Waals surface area contributed by atoms with Crippen molar-refractivity contribution in [3.05, 3.63) is 11.4 Å². The van der Waals surface area contributed by atoms with E-state index in [4.69, 9.17) is 4.98 Å². The van der Waals surface area contributed by atoms with Crippen molar-refractivity contribution in [1.82, 2.24) is 9.97 Å². The summed E-state index contributed by atoms with van der Waals surface area (Å²) in [6, 6.07) is 2.14. The first-order valence-electron chi connectivity index (χ1n) is 7.07. The van der Waals surface area contributed by atoms with Gasteiger partial charge in [-0.2, -0.15) is 16.7 Å². The van der Waals surface area contributed by atoms with E-state index in [1.165, 1.54) is 5.39 Å². The van der Waals surface area contributed by atoms with E-state index in [9.17, 15) is 0 Å². The van der Waals surface area contributed by atoms with Gasteiger partial charge in [-0.3, -0.25) is 0 Å². The van der Waals surface area contributed by atoms with Crippen molar-refractivity contribution in [2.75, 3.05) is 29.9 Å². The van der Waals surface area contributed by atoms with Crippen LogP contribution in [0.3, 0.4) is 0 Å². The number of fused-ring (bicyclic) bond motifs is 1. The molecule has 0 aliphatic carbocycles. The van der Waals surface area contributed by atoms with Gasteiger partial charge >= 0.3 is 0 Å². The van der Waals surface area contributed by atoms with Gasteiger partial charge in [-0.1, -0.05) is 13.8 Å². The highest BCUT2D eigenvalue weighted by Crippen LogP contribution is 2.33. The second kappa shape index (κ2) is 5.77. The van der Waals surface area contributed by atoms with Crippen LogP contribution in [0.25, 0.3) is 10.2 Å². The first kappa shape index (κ1) is 13.9. The minimum absolute atomic E-state index is 0.644. The van der Waals surface area contributed by atoms with E-state index in [1.54, 1.807) is 11.3 Å². The molecule has 108 valence electrons. The Labute approximate surface area is 128 Å². The van der Waals surface area contributed by atoms with Gasteiger partial charge in [-0.25, -0.2) is 4.98 Å². The molecule has 1 aliphatic rings. The molecule has 0 bridgehead atoms. The molecular weight excluding hydrogens is 288 g/mol. The summed E-state index contributed by atoms with van der Waals surface area (Å²) in [4.78, 5) is 12.8. The highest BCUT2D eigenvalue weighted by Gasteiger charge is 2.25. The number of nitrogens with one attached hydrogen (secondary N) is 1. The maximum absolute atomic E-state index is 4.76. The molecule has 2 aromatic rings. The van der Waals surface area contributed by atoms with Crippen LogP contribution in [0, 0.1) is 0 Å². The molecule has 2 atom stereocenters. The van der Waals surface area contributed by atoms with Gasteiger partial charge in [0.2, 0.25) is 5.95 Å². The average molecular weight is 308 g/mol. The number of thioether (sulfide) groups is 1. The lowest BCUT2D eigenvalue weighted by atomic mass is 10.3. The molecule has 1 aliphatic heterocycles. The van der Waals surface area contributed by atoms with Crippen molar-refractivity contribution in [3.8, 4) is 0 Å². The molecule has 6 heteroatoms. The Morgan fingerprint density at radius 3 is 2.75 bits per heavy atom. The third kappa shape index (κ3) is 2.72. The third-order valence-corrected chi connectivity index (χ3v) is 5.39. The standard InChI is InChI=1S/C14H20N4S2/c1-4-15-14-16-12(11-5-6-19-13(11)17-14)18-7-9(2)20-10(3)8-18/h5-6,9-10H,4,7-8H2,1-3H3,(H,15,16,17). The summed E-state index contributed by atoms with van der Waals surface area (Å²) >= 11 is 3.75. The zero-order valence-electron chi connectivity index (χ0n) is 12.1. The Morgan fingerprint density at radius 1 is 1.30 bits per heavy atom. The van der Waals surface area contributed by atoms with Gasteiger partial charge in [-0.15, -0.1) is 11.3 Å². The summed E-state index contributed by atoms with van der Waals surface area (Å²) in [5.74, 6) is 1.84. The maximum atomic E-state index is 4.76. The number of hydrogen-bond acceptors (Lipinski definition) is 6. The Hall–Kier alpha value is -1.01. The van der Waals surface area contributed by atoms with Crippen LogP contribution in [-0.4, -0.2) is 40.1 Å². The molecule has 20 heavy (non-hydrogen) atoms. The quantitative estimate of drug-likeness (QED) is 0.940. The molecule has 0 spiro atoms. The van der Waals surface area contributed by atoms with E-state index < -0.39 is 0 Å². The fourth-order valence-electron chi connectivity index (χ4n) is 2.67. The highest BCUT2D eigenvalue weighted by molar-refractivity contribution is 8.00. The minimum Gasteiger partial charge on any atom is -0.354 e. The summed E-state index contributed by atoms with van der Waals surface area (Å²) in [5.41, 5.74) is 0. The molecule has 3 rings (SSSR count). The Kier molecular flexibility index (Phi) is 4.03. The third-order valence-electron chi connectivity index (χ3n) is 3.36. The fraction of sp³-hybridized carbons (Fsp3) is 0.571. The molecule has 2 unspecified atom stereocenters. The van der Waals surface area contributed by atoms with E-state index in [0.717, 1.165) is 36.2 Å². The van der Waals surface area contributed by atoms with Crippen LogP contribution >= 0.6 is 23.1 Å². The molecule has 3 heterocycles. The predicted molar refractivity (Wildman–Crippen MR) is 90.3 cm³/mol. The summed E-state index contributed by atoms with van der Waals surface area (Å²) < 4.78 is 0. The molecule has 0 radical (unpaired) electrons. The van der Waals surface area contributed by atoms with Crippen LogP contribution in [0.1, 0.15) is 20.8 Å². The molecule has 0 saturated carbocycles. The predicted octanol–water partition coefficient (Wildman–Crippen LogP) is 3.45. The van der Waals surface area contributed by atoms with Crippen molar-refractivity contribution < 1.29 is 0 Å². The lowest BCUT2D eigenvalue weighted by Crippen LogP contribution is -2.41. The van der Waals surface area contributed by atoms with Gasteiger partial charge in [0.25, 0.3) is 0 Å². The molecule has 2 aromatic heterocycles. The lowest BCUT2D eigenvalue weighted by molar-refractivity contribution is 0.721. The summed E-state index contributed by atoms with van der Waals surface area (Å²) in [6.07, 6.45) is 0. The molecule has 4 nitrogen and oxygen atoms in total. The largest absolute Gasteiger partial charge is 0.354 e. The van der Waals surface area contributed by atoms with E-state index in [0.29, 0.717) is 10.5 Å². The van der Waals surface area contributed by atoms with Gasteiger partial charge in [0.05, 0.1) is 5.39 Å². The van der Waals surface area contributed by atoms with Crippen molar-refractivity contribution in [3.63, 3.8) is 0 Å². The molecule has 1 fully saturated rings. The van der Waals surface area contributed by atoms with Crippen LogP contribution in [0.5, 0.6) is 0 Å². The van der Waals surface area contributed by atoms with E-state index >= 15 is 0 Å². The number of rotatable bonds is 3. The Morgan fingerprint density at radius 2 is 2.05 bits per heavy atom. The molecule has 0 aromatic carbocycles. The van der Waals surface area contributed by atoms with Crippen molar-refractivity contribution in [2.24, 2.45) is 0 Å². The van der Waals surface area contributed by atoms with Gasteiger partial charge in [-0.05, 0) is 18.4 Å². The van der Waals surface area contributed by atoms with Crippen LogP contribution < -0.4 is 10.2 Å². The van der Waals surface area contributed by atoms with Crippen LogP contribution in [0.15, 0.2) is 11.4 Å². The average Bonchev–Trinajstić information content (AvgIpc) is 2.85. The Balaban J connectivity index is 2.02. The smallest absolute Gasteiger partial charge is 0.226 e. The van der Waals surface area contributed by atoms with E-state index in [2.05, 4.69) is 59.2 Å². The van der Waals surface area contributed by atoms with Crippen molar-refractivity contribution in [1.29, 1.82) is 0 Å². The van der Waals surface area contributed by atoms with Crippen molar-refractivity contribution in [2.45, 2.75) is 31.3 Å². The van der Waals surface area contributed by atoms with Crippen LogP contribution in [0.4, 0.5) is 11.8 Å². The normalized spacial score (nSPS) is 23.2. The zero-order valence-corrected chi connectivity index (χ0v) is 13.7. The minimum atomic E-state index is 0.644. The fourth-order valence-corrected chi connectivity index (χ4v) is 4.75. The molecule has 1 saturated heterocycles. The molecular formula is C14H20N4S2.